The summed E-state index contributed by atoms with van der Waals surface area (Å²) in [7, 11) is 0. The first-order valence-corrected chi connectivity index (χ1v) is 10.3. The van der Waals surface area contributed by atoms with E-state index in [0.29, 0.717) is 10.7 Å². The number of aromatic nitrogens is 2. The van der Waals surface area contributed by atoms with Crippen molar-refractivity contribution in [3.05, 3.63) is 12.2 Å². The molecule has 7 heteroatoms. The molecule has 1 heterocycles. The van der Waals surface area contributed by atoms with Gasteiger partial charge in [0, 0.05) is 5.75 Å². The van der Waals surface area contributed by atoms with Crippen LogP contribution >= 0.6 is 46.6 Å². The summed E-state index contributed by atoms with van der Waals surface area (Å²) in [6, 6.07) is 0. The van der Waals surface area contributed by atoms with E-state index in [0.717, 1.165) is 14.4 Å². The molecule has 0 fully saturated rings. The number of hydrogen-bond acceptors (Lipinski definition) is 7. The molecule has 112 valence electrons. The maximum absolute atomic E-state index is 11.4. The summed E-state index contributed by atoms with van der Waals surface area (Å²) in [6.45, 7) is 7.59. The van der Waals surface area contributed by atoms with Crippen molar-refractivity contribution in [3.63, 3.8) is 0 Å². The molecule has 0 saturated heterocycles. The third kappa shape index (κ3) is 7.71. The van der Waals surface area contributed by atoms with Crippen molar-refractivity contribution in [3.8, 4) is 0 Å². The van der Waals surface area contributed by atoms with Crippen molar-refractivity contribution in [1.29, 1.82) is 0 Å². The molecule has 0 unspecified atom stereocenters. The maximum atomic E-state index is 11.4. The minimum absolute atomic E-state index is 0.0486. The van der Waals surface area contributed by atoms with Gasteiger partial charge in [0.2, 0.25) is 5.12 Å². The van der Waals surface area contributed by atoms with Crippen LogP contribution in [0.25, 0.3) is 0 Å². The molecular weight excluding hydrogens is 328 g/mol. The molecule has 0 N–H and O–H groups in total. The molecule has 1 aromatic rings. The molecule has 20 heavy (non-hydrogen) atoms. The largest absolute Gasteiger partial charge is 0.282 e. The van der Waals surface area contributed by atoms with E-state index in [-0.39, 0.29) is 5.12 Å². The molecule has 3 nitrogen and oxygen atoms in total. The smallest absolute Gasteiger partial charge is 0.215 e. The molecule has 0 amide bonds. The van der Waals surface area contributed by atoms with Gasteiger partial charge < -0.3 is 0 Å². The van der Waals surface area contributed by atoms with Gasteiger partial charge in [0.05, 0.1) is 5.08 Å². The van der Waals surface area contributed by atoms with E-state index < -0.39 is 0 Å². The summed E-state index contributed by atoms with van der Waals surface area (Å²) < 4.78 is 1.96. The van der Waals surface area contributed by atoms with Crippen molar-refractivity contribution in [1.82, 2.24) is 10.2 Å². The number of hydrogen-bond donors (Lipinski definition) is 0. The van der Waals surface area contributed by atoms with Gasteiger partial charge in [0.1, 0.15) is 0 Å². The Balaban J connectivity index is 2.19. The maximum Gasteiger partial charge on any atom is 0.215 e. The van der Waals surface area contributed by atoms with Crippen LogP contribution in [-0.4, -0.2) is 26.2 Å². The quantitative estimate of drug-likeness (QED) is 0.254. The van der Waals surface area contributed by atoms with Crippen LogP contribution in [0.4, 0.5) is 0 Å². The van der Waals surface area contributed by atoms with Crippen LogP contribution < -0.4 is 0 Å². The van der Waals surface area contributed by atoms with Crippen LogP contribution in [0.1, 0.15) is 39.5 Å². The molecule has 1 rings (SSSR count). The lowest BCUT2D eigenvalue weighted by molar-refractivity contribution is -0.107. The minimum atomic E-state index is 0.0486. The van der Waals surface area contributed by atoms with Crippen LogP contribution in [0.15, 0.2) is 20.8 Å². The highest BCUT2D eigenvalue weighted by atomic mass is 32.2. The zero-order chi connectivity index (χ0) is 14.8. The molecule has 0 saturated carbocycles. The Morgan fingerprint density at radius 3 is 2.55 bits per heavy atom. The lowest BCUT2D eigenvalue weighted by Crippen LogP contribution is -1.91. The summed E-state index contributed by atoms with van der Waals surface area (Å²) in [5, 5.41) is 9.02. The fraction of sp³-hybridized carbons (Fsp3) is 0.615. The van der Waals surface area contributed by atoms with E-state index >= 15 is 0 Å². The summed E-state index contributed by atoms with van der Waals surface area (Å²) in [6.07, 6.45) is 5.11. The van der Waals surface area contributed by atoms with Gasteiger partial charge in [-0.2, -0.15) is 0 Å². The van der Waals surface area contributed by atoms with Crippen LogP contribution in [0.3, 0.4) is 0 Å². The number of thioether (sulfide) groups is 3. The number of nitrogens with zero attached hydrogens (tertiary/aromatic N) is 2. The van der Waals surface area contributed by atoms with E-state index in [1.54, 1.807) is 41.8 Å². The van der Waals surface area contributed by atoms with Gasteiger partial charge in [0.15, 0.2) is 8.68 Å². The molecule has 0 aliphatic heterocycles. The standard InChI is InChI=1S/C13H20N2OS4/c1-4-5-6-7-8-17-12-14-15-13(20-12)19-9-18-11(16)10(2)3/h2,4-9H2,1,3H3. The second-order valence-corrected chi connectivity index (χ2v) is 9.07. The Kier molecular flexibility index (Phi) is 9.67. The van der Waals surface area contributed by atoms with Gasteiger partial charge in [0.25, 0.3) is 0 Å². The molecule has 0 spiro atoms. The number of carbonyl (C=O) groups excluding carboxylic acids is 1. The van der Waals surface area contributed by atoms with Crippen molar-refractivity contribution in [2.75, 3.05) is 10.8 Å². The number of rotatable bonds is 10. The zero-order valence-corrected chi connectivity index (χ0v) is 15.2. The van der Waals surface area contributed by atoms with E-state index in [1.807, 2.05) is 0 Å². The molecule has 0 bridgehead atoms. The van der Waals surface area contributed by atoms with E-state index in [2.05, 4.69) is 23.7 Å². The summed E-state index contributed by atoms with van der Waals surface area (Å²) in [5.41, 5.74) is 0.594. The molecule has 0 radical (unpaired) electrons. The average molecular weight is 349 g/mol. The topological polar surface area (TPSA) is 42.9 Å². The van der Waals surface area contributed by atoms with Gasteiger partial charge in [-0.15, -0.1) is 10.2 Å². The molecule has 1 aromatic heterocycles. The van der Waals surface area contributed by atoms with Crippen molar-refractivity contribution in [2.24, 2.45) is 0 Å². The molecular formula is C13H20N2OS4. The molecule has 0 aliphatic rings. The van der Waals surface area contributed by atoms with Gasteiger partial charge >= 0.3 is 0 Å². The third-order valence-electron chi connectivity index (χ3n) is 2.33. The van der Waals surface area contributed by atoms with Gasteiger partial charge in [-0.05, 0) is 18.9 Å². The first-order valence-electron chi connectivity index (χ1n) is 6.55. The monoisotopic (exact) mass is 348 g/mol. The fourth-order valence-corrected chi connectivity index (χ4v) is 5.39. The van der Waals surface area contributed by atoms with Crippen LogP contribution in [0.2, 0.25) is 0 Å². The van der Waals surface area contributed by atoms with Crippen LogP contribution in [0.5, 0.6) is 0 Å². The summed E-state index contributed by atoms with van der Waals surface area (Å²) >= 11 is 6.23. The zero-order valence-electron chi connectivity index (χ0n) is 11.9. The van der Waals surface area contributed by atoms with Gasteiger partial charge in [-0.3, -0.25) is 4.79 Å². The number of carbonyl (C=O) groups is 1. The SMILES string of the molecule is C=C(C)C(=O)SCSc1nnc(SCCCCCC)s1. The van der Waals surface area contributed by atoms with E-state index in [9.17, 15) is 4.79 Å². The minimum Gasteiger partial charge on any atom is -0.282 e. The Hall–Kier alpha value is 0.0200. The average Bonchev–Trinajstić information content (AvgIpc) is 2.86. The predicted molar refractivity (Wildman–Crippen MR) is 92.9 cm³/mol. The lowest BCUT2D eigenvalue weighted by atomic mass is 10.2. The van der Waals surface area contributed by atoms with Crippen LogP contribution in [0, 0.1) is 0 Å². The Morgan fingerprint density at radius 1 is 1.20 bits per heavy atom. The molecule has 0 aliphatic carbocycles. The van der Waals surface area contributed by atoms with Crippen LogP contribution in [-0.2, 0) is 4.79 Å². The third-order valence-corrected chi connectivity index (χ3v) is 6.76. The Bertz CT molecular complexity index is 434. The lowest BCUT2D eigenvalue weighted by Gasteiger charge is -1.97. The summed E-state index contributed by atoms with van der Waals surface area (Å²) in [4.78, 5) is 11.4. The number of unbranched alkanes of at least 4 members (excludes halogenated alkanes) is 3. The van der Waals surface area contributed by atoms with Crippen molar-refractivity contribution < 1.29 is 4.79 Å². The Labute approximate surface area is 137 Å². The highest BCUT2D eigenvalue weighted by molar-refractivity contribution is 8.24. The summed E-state index contributed by atoms with van der Waals surface area (Å²) in [5.74, 6) is 1.11. The second kappa shape index (κ2) is 10.7. The van der Waals surface area contributed by atoms with Gasteiger partial charge in [-0.1, -0.05) is 79.4 Å². The normalized spacial score (nSPS) is 10.7. The highest BCUT2D eigenvalue weighted by Crippen LogP contribution is 2.31. The van der Waals surface area contributed by atoms with E-state index in [4.69, 9.17) is 0 Å². The second-order valence-electron chi connectivity index (χ2n) is 4.22. The molecule has 0 aromatic carbocycles. The fourth-order valence-electron chi connectivity index (χ4n) is 1.26. The Morgan fingerprint density at radius 2 is 1.90 bits per heavy atom. The van der Waals surface area contributed by atoms with Crippen molar-refractivity contribution in [2.45, 2.75) is 48.2 Å². The first kappa shape index (κ1) is 18.1. The van der Waals surface area contributed by atoms with Gasteiger partial charge in [-0.25, -0.2) is 0 Å². The molecule has 0 atom stereocenters. The van der Waals surface area contributed by atoms with Crippen molar-refractivity contribution >= 4 is 51.7 Å². The highest BCUT2D eigenvalue weighted by Gasteiger charge is 2.08. The predicted octanol–water partition coefficient (Wildman–Crippen LogP) is 5.10. The first-order chi connectivity index (χ1) is 9.63. The van der Waals surface area contributed by atoms with E-state index in [1.165, 1.54) is 37.4 Å².